The summed E-state index contributed by atoms with van der Waals surface area (Å²) < 4.78 is 10.7. The van der Waals surface area contributed by atoms with Crippen LogP contribution in [-0.2, 0) is 14.3 Å². The second-order valence-corrected chi connectivity index (χ2v) is 7.68. The molecular weight excluding hydrogens is 384 g/mol. The van der Waals surface area contributed by atoms with Gasteiger partial charge in [0.25, 0.3) is 0 Å². The topological polar surface area (TPSA) is 93.6 Å². The van der Waals surface area contributed by atoms with Gasteiger partial charge < -0.3 is 19.3 Å². The lowest BCUT2D eigenvalue weighted by atomic mass is 9.88. The van der Waals surface area contributed by atoms with Crippen molar-refractivity contribution in [1.82, 2.24) is 19.9 Å². The molecular formula is C21H28N6O3. The summed E-state index contributed by atoms with van der Waals surface area (Å²) in [5.74, 6) is 0.847. The van der Waals surface area contributed by atoms with E-state index in [1.54, 1.807) is 24.8 Å². The largest absolute Gasteiger partial charge is 0.378 e. The number of carbonyl (C=O) groups excluding carboxylic acids is 1. The fourth-order valence-electron chi connectivity index (χ4n) is 3.67. The Morgan fingerprint density at radius 2 is 1.07 bits per heavy atom. The van der Waals surface area contributed by atoms with Crippen molar-refractivity contribution >= 4 is 17.7 Å². The number of aromatic nitrogens is 4. The first-order chi connectivity index (χ1) is 14.6. The molecule has 0 amide bonds. The number of ketones is 1. The molecule has 4 rings (SSSR count). The van der Waals surface area contributed by atoms with Crippen molar-refractivity contribution in [3.63, 3.8) is 0 Å². The summed E-state index contributed by atoms with van der Waals surface area (Å²) in [4.78, 5) is 35.1. The summed E-state index contributed by atoms with van der Waals surface area (Å²) in [6, 6.07) is 0. The second kappa shape index (κ2) is 9.44. The van der Waals surface area contributed by atoms with Crippen LogP contribution in [0, 0.1) is 0 Å². The van der Waals surface area contributed by atoms with E-state index in [1.165, 1.54) is 0 Å². The molecule has 2 aliphatic rings. The minimum absolute atomic E-state index is 0.0976. The van der Waals surface area contributed by atoms with Crippen LogP contribution in [0.5, 0.6) is 0 Å². The number of anilines is 2. The lowest BCUT2D eigenvalue weighted by Crippen LogP contribution is -2.37. The number of carbonyl (C=O) groups is 1. The number of morpholine rings is 2. The molecule has 2 aromatic heterocycles. The molecule has 2 atom stereocenters. The third-order valence-corrected chi connectivity index (χ3v) is 5.76. The van der Waals surface area contributed by atoms with Gasteiger partial charge >= 0.3 is 0 Å². The smallest absolute Gasteiger partial charge is 0.225 e. The van der Waals surface area contributed by atoms with E-state index in [4.69, 9.17) is 9.47 Å². The standard InChI is InChI=1S/C21H28N6O3/c1-15(17-11-22-20(23-12-17)26-3-7-29-8-4-26)19(28)16(2)18-13-24-21(25-14-18)27-5-9-30-10-6-27/h11-16H,3-10H2,1-2H3. The highest BCUT2D eigenvalue weighted by molar-refractivity contribution is 5.90. The fraction of sp³-hybridized carbons (Fsp3) is 0.571. The van der Waals surface area contributed by atoms with Crippen molar-refractivity contribution in [3.8, 4) is 0 Å². The predicted octanol–water partition coefficient (Wildman–Crippen LogP) is 1.42. The van der Waals surface area contributed by atoms with Crippen LogP contribution in [0.3, 0.4) is 0 Å². The molecule has 30 heavy (non-hydrogen) atoms. The zero-order valence-electron chi connectivity index (χ0n) is 17.5. The summed E-state index contributed by atoms with van der Waals surface area (Å²) in [7, 11) is 0. The molecule has 0 radical (unpaired) electrons. The molecule has 160 valence electrons. The second-order valence-electron chi connectivity index (χ2n) is 7.68. The molecule has 0 N–H and O–H groups in total. The van der Waals surface area contributed by atoms with E-state index in [0.717, 1.165) is 37.3 Å². The van der Waals surface area contributed by atoms with Gasteiger partial charge in [-0.25, -0.2) is 19.9 Å². The highest BCUT2D eigenvalue weighted by Crippen LogP contribution is 2.26. The van der Waals surface area contributed by atoms with Crippen LogP contribution in [0.4, 0.5) is 11.9 Å². The summed E-state index contributed by atoms with van der Waals surface area (Å²) in [5, 5.41) is 0. The molecule has 0 aromatic carbocycles. The quantitative estimate of drug-likeness (QED) is 0.698. The minimum Gasteiger partial charge on any atom is -0.378 e. The molecule has 0 bridgehead atoms. The maximum atomic E-state index is 13.1. The number of nitrogens with zero attached hydrogens (tertiary/aromatic N) is 6. The first-order valence-corrected chi connectivity index (χ1v) is 10.5. The summed E-state index contributed by atoms with van der Waals surface area (Å²) in [6.45, 7) is 9.67. The Hall–Kier alpha value is -2.65. The van der Waals surface area contributed by atoms with Crippen molar-refractivity contribution < 1.29 is 14.3 Å². The third-order valence-electron chi connectivity index (χ3n) is 5.76. The van der Waals surface area contributed by atoms with Crippen molar-refractivity contribution in [2.75, 3.05) is 62.4 Å². The lowest BCUT2D eigenvalue weighted by molar-refractivity contribution is -0.121. The van der Waals surface area contributed by atoms with Gasteiger partial charge in [0.1, 0.15) is 5.78 Å². The highest BCUT2D eigenvalue weighted by Gasteiger charge is 2.25. The predicted molar refractivity (Wildman–Crippen MR) is 112 cm³/mol. The molecule has 2 aromatic rings. The molecule has 0 spiro atoms. The van der Waals surface area contributed by atoms with E-state index in [0.29, 0.717) is 38.3 Å². The molecule has 2 fully saturated rings. The van der Waals surface area contributed by atoms with E-state index >= 15 is 0 Å². The zero-order chi connectivity index (χ0) is 20.9. The number of hydrogen-bond acceptors (Lipinski definition) is 9. The summed E-state index contributed by atoms with van der Waals surface area (Å²) >= 11 is 0. The van der Waals surface area contributed by atoms with E-state index in [-0.39, 0.29) is 17.6 Å². The van der Waals surface area contributed by atoms with Crippen LogP contribution in [0.25, 0.3) is 0 Å². The third kappa shape index (κ3) is 4.57. The first-order valence-electron chi connectivity index (χ1n) is 10.5. The van der Waals surface area contributed by atoms with Crippen LogP contribution >= 0.6 is 0 Å². The molecule has 9 heteroatoms. The Morgan fingerprint density at radius 3 is 1.40 bits per heavy atom. The van der Waals surface area contributed by atoms with Gasteiger partial charge in [0.05, 0.1) is 26.4 Å². The van der Waals surface area contributed by atoms with Crippen LogP contribution in [0.15, 0.2) is 24.8 Å². The number of ether oxygens (including phenoxy) is 2. The maximum absolute atomic E-state index is 13.1. The Morgan fingerprint density at radius 1 is 0.733 bits per heavy atom. The Balaban J connectivity index is 1.40. The van der Waals surface area contributed by atoms with E-state index in [2.05, 4.69) is 29.7 Å². The van der Waals surface area contributed by atoms with E-state index in [9.17, 15) is 4.79 Å². The monoisotopic (exact) mass is 412 g/mol. The Labute approximate surface area is 176 Å². The van der Waals surface area contributed by atoms with Gasteiger partial charge in [-0.05, 0) is 11.1 Å². The van der Waals surface area contributed by atoms with E-state index in [1.807, 2.05) is 13.8 Å². The fourth-order valence-corrected chi connectivity index (χ4v) is 3.67. The lowest BCUT2D eigenvalue weighted by Gasteiger charge is -2.27. The Kier molecular flexibility index (Phi) is 6.49. The highest BCUT2D eigenvalue weighted by atomic mass is 16.5. The Bertz CT molecular complexity index is 763. The average molecular weight is 412 g/mol. The molecule has 4 heterocycles. The van der Waals surface area contributed by atoms with Crippen LogP contribution in [0.2, 0.25) is 0 Å². The summed E-state index contributed by atoms with van der Waals surface area (Å²) in [5.41, 5.74) is 1.63. The average Bonchev–Trinajstić information content (AvgIpc) is 2.84. The SMILES string of the molecule is CC(C(=O)C(C)c1cnc(N2CCOCC2)nc1)c1cnc(N2CCOCC2)nc1. The van der Waals surface area contributed by atoms with Crippen molar-refractivity contribution in [2.45, 2.75) is 25.7 Å². The van der Waals surface area contributed by atoms with Crippen LogP contribution in [0.1, 0.15) is 36.8 Å². The van der Waals surface area contributed by atoms with Gasteiger partial charge in [-0.3, -0.25) is 4.79 Å². The van der Waals surface area contributed by atoms with Crippen molar-refractivity contribution in [2.24, 2.45) is 0 Å². The van der Waals surface area contributed by atoms with Gasteiger partial charge in [0.15, 0.2) is 0 Å². The van der Waals surface area contributed by atoms with Crippen LogP contribution < -0.4 is 9.80 Å². The molecule has 2 saturated heterocycles. The van der Waals surface area contributed by atoms with Gasteiger partial charge in [0.2, 0.25) is 11.9 Å². The van der Waals surface area contributed by atoms with Crippen LogP contribution in [-0.4, -0.2) is 78.3 Å². The molecule has 0 aliphatic carbocycles. The van der Waals surface area contributed by atoms with E-state index < -0.39 is 0 Å². The number of rotatable bonds is 6. The molecule has 2 aliphatic heterocycles. The van der Waals surface area contributed by atoms with Crippen molar-refractivity contribution in [1.29, 1.82) is 0 Å². The van der Waals surface area contributed by atoms with Gasteiger partial charge in [0, 0.05) is 62.8 Å². The molecule has 2 unspecified atom stereocenters. The van der Waals surface area contributed by atoms with Crippen molar-refractivity contribution in [3.05, 3.63) is 35.9 Å². The minimum atomic E-state index is -0.308. The normalized spacial score (nSPS) is 19.4. The number of Topliss-reactive ketones (excluding diaryl/α,β-unsaturated/α-hetero) is 1. The van der Waals surface area contributed by atoms with Gasteiger partial charge in [-0.2, -0.15) is 0 Å². The molecule has 0 saturated carbocycles. The molecule has 9 nitrogen and oxygen atoms in total. The number of hydrogen-bond donors (Lipinski definition) is 0. The first kappa shape index (κ1) is 20.6. The van der Waals surface area contributed by atoms with Gasteiger partial charge in [-0.1, -0.05) is 13.8 Å². The maximum Gasteiger partial charge on any atom is 0.225 e. The van der Waals surface area contributed by atoms with Gasteiger partial charge in [-0.15, -0.1) is 0 Å². The summed E-state index contributed by atoms with van der Waals surface area (Å²) in [6.07, 6.45) is 7.02. The zero-order valence-corrected chi connectivity index (χ0v) is 17.5.